The molecule has 0 saturated heterocycles. The van der Waals surface area contributed by atoms with E-state index in [4.69, 9.17) is 9.72 Å². The zero-order chi connectivity index (χ0) is 25.2. The third-order valence-electron chi connectivity index (χ3n) is 5.98. The average molecular weight is 492 g/mol. The molecule has 3 aromatic carbocycles. The number of aromatic nitrogens is 2. The number of rotatable bonds is 8. The van der Waals surface area contributed by atoms with E-state index in [0.29, 0.717) is 34.6 Å². The molecule has 0 aliphatic carbocycles. The van der Waals surface area contributed by atoms with Gasteiger partial charge in [-0.3, -0.25) is 9.36 Å². The Kier molecular flexibility index (Phi) is 7.05. The molecule has 0 saturated carbocycles. The number of aryl methyl sites for hydroxylation is 1. The summed E-state index contributed by atoms with van der Waals surface area (Å²) in [5.41, 5.74) is 1.68. The Morgan fingerprint density at radius 1 is 1.03 bits per heavy atom. The van der Waals surface area contributed by atoms with Gasteiger partial charge in [0.1, 0.15) is 11.6 Å². The topological polar surface area (TPSA) is 81.5 Å². The van der Waals surface area contributed by atoms with E-state index >= 15 is 0 Å². The van der Waals surface area contributed by atoms with Gasteiger partial charge in [-0.1, -0.05) is 43.3 Å². The minimum absolute atomic E-state index is 0.197. The van der Waals surface area contributed by atoms with Gasteiger partial charge in [-0.15, -0.1) is 0 Å². The first-order valence-electron chi connectivity index (χ1n) is 11.5. The number of methoxy groups -OCH3 is 1. The molecule has 4 rings (SSSR count). The van der Waals surface area contributed by atoms with Gasteiger partial charge >= 0.3 is 0 Å². The molecule has 4 aromatic rings. The summed E-state index contributed by atoms with van der Waals surface area (Å²) in [5, 5.41) is 0.444. The van der Waals surface area contributed by atoms with E-state index in [-0.39, 0.29) is 17.0 Å². The monoisotopic (exact) mass is 491 g/mol. The van der Waals surface area contributed by atoms with Crippen LogP contribution in [0, 0.1) is 6.92 Å². The van der Waals surface area contributed by atoms with Gasteiger partial charge in [0, 0.05) is 6.54 Å². The summed E-state index contributed by atoms with van der Waals surface area (Å²) in [4.78, 5) is 18.9. The van der Waals surface area contributed by atoms with Gasteiger partial charge in [0.05, 0.1) is 34.6 Å². The van der Waals surface area contributed by atoms with Crippen LogP contribution in [0.2, 0.25) is 0 Å². The van der Waals surface area contributed by atoms with Crippen LogP contribution in [-0.2, 0) is 10.0 Å². The van der Waals surface area contributed by atoms with Crippen molar-refractivity contribution < 1.29 is 13.2 Å². The molecule has 0 fully saturated rings. The number of nitrogens with zero attached hydrogens (tertiary/aromatic N) is 3. The fourth-order valence-corrected chi connectivity index (χ4v) is 5.94. The number of hydrogen-bond donors (Lipinski definition) is 0. The van der Waals surface area contributed by atoms with Crippen LogP contribution in [0.4, 0.5) is 0 Å². The smallest absolute Gasteiger partial charge is 0.266 e. The summed E-state index contributed by atoms with van der Waals surface area (Å²) in [5.74, 6) is 0.821. The van der Waals surface area contributed by atoms with Crippen molar-refractivity contribution >= 4 is 20.9 Å². The van der Waals surface area contributed by atoms with E-state index in [1.54, 1.807) is 68.6 Å². The maximum Gasteiger partial charge on any atom is 0.266 e. The SMILES string of the molecule is CCCN(C(C)c1nc2ccccc2c(=O)n1-c1cc(C)ccc1OC)S(=O)(=O)c1ccccc1. The van der Waals surface area contributed by atoms with E-state index in [1.165, 1.54) is 8.87 Å². The fraction of sp³-hybridized carbons (Fsp3) is 0.259. The Morgan fingerprint density at radius 3 is 2.40 bits per heavy atom. The summed E-state index contributed by atoms with van der Waals surface area (Å²) in [6.45, 7) is 5.89. The van der Waals surface area contributed by atoms with Gasteiger partial charge in [-0.25, -0.2) is 13.4 Å². The molecule has 8 heteroatoms. The van der Waals surface area contributed by atoms with Crippen LogP contribution in [0.5, 0.6) is 5.75 Å². The van der Waals surface area contributed by atoms with Gasteiger partial charge in [-0.05, 0) is 62.2 Å². The maximum atomic E-state index is 13.8. The van der Waals surface area contributed by atoms with Crippen LogP contribution >= 0.6 is 0 Å². The van der Waals surface area contributed by atoms with Gasteiger partial charge in [0.25, 0.3) is 5.56 Å². The second-order valence-corrected chi connectivity index (χ2v) is 10.3. The molecule has 0 aliphatic rings. The lowest BCUT2D eigenvalue weighted by Gasteiger charge is -2.29. The highest BCUT2D eigenvalue weighted by molar-refractivity contribution is 7.89. The minimum Gasteiger partial charge on any atom is -0.495 e. The second-order valence-electron chi connectivity index (χ2n) is 8.41. The molecule has 1 heterocycles. The summed E-state index contributed by atoms with van der Waals surface area (Å²) in [6, 6.07) is 20.2. The summed E-state index contributed by atoms with van der Waals surface area (Å²) >= 11 is 0. The van der Waals surface area contributed by atoms with Crippen molar-refractivity contribution in [2.45, 2.75) is 38.1 Å². The number of sulfonamides is 1. The van der Waals surface area contributed by atoms with Crippen molar-refractivity contribution in [3.63, 3.8) is 0 Å². The second kappa shape index (κ2) is 10.0. The predicted octanol–water partition coefficient (Wildman–Crippen LogP) is 4.86. The van der Waals surface area contributed by atoms with Crippen molar-refractivity contribution in [2.24, 2.45) is 0 Å². The Morgan fingerprint density at radius 2 is 1.71 bits per heavy atom. The third kappa shape index (κ3) is 4.59. The number of ether oxygens (including phenoxy) is 1. The zero-order valence-electron chi connectivity index (χ0n) is 20.3. The number of para-hydroxylation sites is 1. The molecule has 0 bridgehead atoms. The molecule has 7 nitrogen and oxygen atoms in total. The Balaban J connectivity index is 2.02. The van der Waals surface area contributed by atoms with E-state index in [9.17, 15) is 13.2 Å². The molecule has 0 amide bonds. The van der Waals surface area contributed by atoms with Crippen LogP contribution in [0.25, 0.3) is 16.6 Å². The lowest BCUT2D eigenvalue weighted by molar-refractivity contribution is 0.326. The standard InChI is InChI=1S/C27H29N3O4S/c1-5-17-29(35(32,33)21-11-7-6-8-12-21)20(3)26-28-23-14-10-9-13-22(23)27(31)30(26)24-18-19(2)15-16-25(24)34-4/h6-16,18,20H,5,17H2,1-4H3. The van der Waals surface area contributed by atoms with Crippen LogP contribution in [-0.4, -0.2) is 35.9 Å². The molecule has 1 aromatic heterocycles. The van der Waals surface area contributed by atoms with Crippen LogP contribution in [0.15, 0.2) is 82.5 Å². The first-order chi connectivity index (χ1) is 16.8. The molecule has 0 aliphatic heterocycles. The number of benzene rings is 3. The molecule has 182 valence electrons. The van der Waals surface area contributed by atoms with Crippen LogP contribution < -0.4 is 10.3 Å². The van der Waals surface area contributed by atoms with Gasteiger partial charge in [0.15, 0.2) is 0 Å². The van der Waals surface area contributed by atoms with Crippen molar-refractivity contribution in [2.75, 3.05) is 13.7 Å². The summed E-state index contributed by atoms with van der Waals surface area (Å²) in [6.07, 6.45) is 0.599. The molecule has 0 N–H and O–H groups in total. The highest BCUT2D eigenvalue weighted by Crippen LogP contribution is 2.31. The lowest BCUT2D eigenvalue weighted by Crippen LogP contribution is -2.38. The largest absolute Gasteiger partial charge is 0.495 e. The molecule has 1 unspecified atom stereocenters. The van der Waals surface area contributed by atoms with Gasteiger partial charge in [-0.2, -0.15) is 4.31 Å². The Hall–Kier alpha value is -3.49. The minimum atomic E-state index is -3.85. The molecular weight excluding hydrogens is 462 g/mol. The zero-order valence-corrected chi connectivity index (χ0v) is 21.1. The normalized spacial score (nSPS) is 12.7. The highest BCUT2D eigenvalue weighted by atomic mass is 32.2. The van der Waals surface area contributed by atoms with Crippen molar-refractivity contribution in [1.82, 2.24) is 13.9 Å². The first-order valence-corrected chi connectivity index (χ1v) is 13.0. The van der Waals surface area contributed by atoms with E-state index in [2.05, 4.69) is 0 Å². The highest BCUT2D eigenvalue weighted by Gasteiger charge is 2.33. The molecule has 0 spiro atoms. The quantitative estimate of drug-likeness (QED) is 0.351. The number of fused-ring (bicyclic) bond motifs is 1. The van der Waals surface area contributed by atoms with Gasteiger partial charge in [0.2, 0.25) is 10.0 Å². The summed E-state index contributed by atoms with van der Waals surface area (Å²) < 4.78 is 35.9. The molecule has 1 atom stereocenters. The van der Waals surface area contributed by atoms with Crippen LogP contribution in [0.1, 0.15) is 37.7 Å². The molecular formula is C27H29N3O4S. The van der Waals surface area contributed by atoms with Crippen molar-refractivity contribution in [3.05, 3.63) is 94.5 Å². The molecule has 0 radical (unpaired) electrons. The van der Waals surface area contributed by atoms with E-state index in [1.807, 2.05) is 32.0 Å². The summed E-state index contributed by atoms with van der Waals surface area (Å²) in [7, 11) is -2.31. The Bertz CT molecular complexity index is 1510. The average Bonchev–Trinajstić information content (AvgIpc) is 2.87. The van der Waals surface area contributed by atoms with E-state index in [0.717, 1.165) is 5.56 Å². The van der Waals surface area contributed by atoms with Crippen molar-refractivity contribution in [1.29, 1.82) is 0 Å². The molecule has 35 heavy (non-hydrogen) atoms. The first kappa shape index (κ1) is 24.6. The van der Waals surface area contributed by atoms with Gasteiger partial charge < -0.3 is 4.74 Å². The fourth-order valence-electron chi connectivity index (χ4n) is 4.24. The van der Waals surface area contributed by atoms with Crippen LogP contribution in [0.3, 0.4) is 0 Å². The maximum absolute atomic E-state index is 13.8. The van der Waals surface area contributed by atoms with E-state index < -0.39 is 16.1 Å². The predicted molar refractivity (Wildman–Crippen MR) is 138 cm³/mol. The van der Waals surface area contributed by atoms with Crippen molar-refractivity contribution in [3.8, 4) is 11.4 Å². The third-order valence-corrected chi connectivity index (χ3v) is 7.96. The Labute approximate surface area is 205 Å². The number of hydrogen-bond acceptors (Lipinski definition) is 5. The lowest BCUT2D eigenvalue weighted by atomic mass is 10.1.